The molecule has 2 rings (SSSR count). The Morgan fingerprint density at radius 3 is 2.77 bits per heavy atom. The summed E-state index contributed by atoms with van der Waals surface area (Å²) in [6.07, 6.45) is 7.09. The second-order valence-electron chi connectivity index (χ2n) is 3.32. The first-order valence-corrected chi connectivity index (χ1v) is 4.43. The van der Waals surface area contributed by atoms with Gasteiger partial charge in [-0.15, -0.1) is 0 Å². The van der Waals surface area contributed by atoms with Gasteiger partial charge in [-0.1, -0.05) is 12.2 Å². The number of nitrogens with one attached hydrogen (secondary N) is 2. The summed E-state index contributed by atoms with van der Waals surface area (Å²) in [5, 5.41) is 9.37. The molecule has 4 nitrogen and oxygen atoms in total. The lowest BCUT2D eigenvalue weighted by molar-refractivity contribution is 0.437. The Balaban J connectivity index is 2.29. The largest absolute Gasteiger partial charge is 0.493 e. The van der Waals surface area contributed by atoms with Crippen molar-refractivity contribution in [1.29, 1.82) is 0 Å². The van der Waals surface area contributed by atoms with Crippen molar-refractivity contribution in [2.24, 2.45) is 0 Å². The molecule has 0 radical (unpaired) electrons. The first-order valence-electron chi connectivity index (χ1n) is 4.43. The summed E-state index contributed by atoms with van der Waals surface area (Å²) in [6, 6.07) is 0. The van der Waals surface area contributed by atoms with Crippen molar-refractivity contribution in [3.8, 4) is 5.88 Å². The van der Waals surface area contributed by atoms with Crippen LogP contribution in [0.2, 0.25) is 0 Å². The third kappa shape index (κ3) is 1.52. The molecule has 0 spiro atoms. The lowest BCUT2D eigenvalue weighted by Crippen LogP contribution is -2.05. The summed E-state index contributed by atoms with van der Waals surface area (Å²) in [4.78, 5) is 15.8. The lowest BCUT2D eigenvalue weighted by Gasteiger charge is -2.15. The minimum absolute atomic E-state index is 0.00898. The number of H-pyrrole nitrogens is 2. The number of hydrogen-bond donors (Lipinski definition) is 3. The number of allylic oxidation sites excluding steroid dienone is 2. The molecule has 1 heterocycles. The van der Waals surface area contributed by atoms with E-state index in [-0.39, 0.29) is 17.5 Å². The monoisotopic (exact) mass is 180 g/mol. The minimum atomic E-state index is -0.331. The van der Waals surface area contributed by atoms with Crippen LogP contribution in [-0.4, -0.2) is 15.1 Å². The molecule has 13 heavy (non-hydrogen) atoms. The van der Waals surface area contributed by atoms with Gasteiger partial charge in [-0.05, 0) is 19.3 Å². The van der Waals surface area contributed by atoms with Crippen molar-refractivity contribution in [2.75, 3.05) is 0 Å². The maximum absolute atomic E-state index is 10.9. The molecular formula is C9H12N2O2. The van der Waals surface area contributed by atoms with E-state index in [0.29, 0.717) is 5.69 Å². The first kappa shape index (κ1) is 8.16. The highest BCUT2D eigenvalue weighted by Gasteiger charge is 2.18. The predicted octanol–water partition coefficient (Wildman–Crippen LogP) is 1.23. The summed E-state index contributed by atoms with van der Waals surface area (Å²) in [5.74, 6) is 0.245. The number of imidazole rings is 1. The van der Waals surface area contributed by atoms with E-state index < -0.39 is 0 Å². The molecule has 0 aliphatic heterocycles. The van der Waals surface area contributed by atoms with Crippen molar-refractivity contribution in [2.45, 2.75) is 25.2 Å². The van der Waals surface area contributed by atoms with Crippen molar-refractivity contribution in [3.63, 3.8) is 0 Å². The molecule has 1 aromatic heterocycles. The van der Waals surface area contributed by atoms with E-state index in [2.05, 4.69) is 22.1 Å². The fraction of sp³-hybridized carbons (Fsp3) is 0.444. The molecule has 1 aliphatic carbocycles. The van der Waals surface area contributed by atoms with Crippen LogP contribution in [0.5, 0.6) is 5.88 Å². The van der Waals surface area contributed by atoms with Crippen molar-refractivity contribution < 1.29 is 5.11 Å². The third-order valence-electron chi connectivity index (χ3n) is 2.41. The topological polar surface area (TPSA) is 68.9 Å². The molecule has 0 fully saturated rings. The van der Waals surface area contributed by atoms with Crippen LogP contribution in [0.15, 0.2) is 16.9 Å². The molecule has 0 amide bonds. The van der Waals surface area contributed by atoms with Gasteiger partial charge in [-0.3, -0.25) is 4.98 Å². The van der Waals surface area contributed by atoms with Crippen LogP contribution in [0.3, 0.4) is 0 Å². The highest BCUT2D eigenvalue weighted by Crippen LogP contribution is 2.30. The summed E-state index contributed by atoms with van der Waals surface area (Å²) < 4.78 is 0. The van der Waals surface area contributed by atoms with E-state index in [9.17, 15) is 9.90 Å². The fourth-order valence-corrected chi connectivity index (χ4v) is 1.74. The van der Waals surface area contributed by atoms with Crippen LogP contribution in [0.25, 0.3) is 0 Å². The molecule has 70 valence electrons. The molecule has 3 N–H and O–H groups in total. The van der Waals surface area contributed by atoms with Crippen LogP contribution in [0.4, 0.5) is 0 Å². The SMILES string of the molecule is O=c1[nH]c(O)c(C2CC=CCC2)[nH]1. The number of aromatic nitrogens is 2. The van der Waals surface area contributed by atoms with E-state index >= 15 is 0 Å². The molecule has 4 heteroatoms. The lowest BCUT2D eigenvalue weighted by atomic mass is 9.92. The van der Waals surface area contributed by atoms with Gasteiger partial charge in [-0.25, -0.2) is 4.79 Å². The molecule has 1 unspecified atom stereocenters. The number of hydrogen-bond acceptors (Lipinski definition) is 2. The Morgan fingerprint density at radius 2 is 2.23 bits per heavy atom. The predicted molar refractivity (Wildman–Crippen MR) is 48.8 cm³/mol. The average Bonchev–Trinajstić information content (AvgIpc) is 2.47. The molecule has 1 atom stereocenters. The van der Waals surface area contributed by atoms with Crippen LogP contribution >= 0.6 is 0 Å². The standard InChI is InChI=1S/C9H12N2O2/c12-8-7(10-9(13)11-8)6-4-2-1-3-5-6/h1-2,6,12H,3-5H2,(H2,10,11,13). The zero-order chi connectivity index (χ0) is 9.26. The number of rotatable bonds is 1. The van der Waals surface area contributed by atoms with Crippen molar-refractivity contribution in [3.05, 3.63) is 28.3 Å². The molecule has 1 aliphatic rings. The molecule has 0 bridgehead atoms. The minimum Gasteiger partial charge on any atom is -0.493 e. The van der Waals surface area contributed by atoms with Crippen LogP contribution in [0.1, 0.15) is 30.9 Å². The van der Waals surface area contributed by atoms with Gasteiger partial charge in [0.1, 0.15) is 0 Å². The third-order valence-corrected chi connectivity index (χ3v) is 2.41. The highest BCUT2D eigenvalue weighted by atomic mass is 16.3. The van der Waals surface area contributed by atoms with E-state index in [1.807, 2.05) is 0 Å². The van der Waals surface area contributed by atoms with Gasteiger partial charge in [0, 0.05) is 5.92 Å². The maximum atomic E-state index is 10.9. The van der Waals surface area contributed by atoms with Gasteiger partial charge in [0.2, 0.25) is 5.88 Å². The fourth-order valence-electron chi connectivity index (χ4n) is 1.74. The van der Waals surface area contributed by atoms with E-state index in [1.54, 1.807) is 0 Å². The Bertz CT molecular complexity index is 375. The van der Waals surface area contributed by atoms with Gasteiger partial charge in [0.15, 0.2) is 0 Å². The molecule has 0 saturated carbocycles. The molecular weight excluding hydrogens is 168 g/mol. The summed E-state index contributed by atoms with van der Waals surface area (Å²) in [5.41, 5.74) is 0.316. The normalized spacial score (nSPS) is 22.0. The van der Waals surface area contributed by atoms with Gasteiger partial charge < -0.3 is 10.1 Å². The summed E-state index contributed by atoms with van der Waals surface area (Å²) >= 11 is 0. The number of aromatic amines is 2. The molecule has 0 aromatic carbocycles. The Labute approximate surface area is 75.3 Å². The zero-order valence-electron chi connectivity index (χ0n) is 7.21. The van der Waals surface area contributed by atoms with E-state index in [1.165, 1.54) is 0 Å². The van der Waals surface area contributed by atoms with Gasteiger partial charge >= 0.3 is 5.69 Å². The number of aromatic hydroxyl groups is 1. The van der Waals surface area contributed by atoms with Gasteiger partial charge in [0.25, 0.3) is 0 Å². The Morgan fingerprint density at radius 1 is 1.38 bits per heavy atom. The van der Waals surface area contributed by atoms with Crippen molar-refractivity contribution >= 4 is 0 Å². The zero-order valence-corrected chi connectivity index (χ0v) is 7.21. The van der Waals surface area contributed by atoms with Crippen LogP contribution in [-0.2, 0) is 0 Å². The maximum Gasteiger partial charge on any atom is 0.325 e. The van der Waals surface area contributed by atoms with Crippen LogP contribution < -0.4 is 5.69 Å². The van der Waals surface area contributed by atoms with Crippen LogP contribution in [0, 0.1) is 0 Å². The van der Waals surface area contributed by atoms with E-state index in [0.717, 1.165) is 19.3 Å². The first-order chi connectivity index (χ1) is 6.27. The highest BCUT2D eigenvalue weighted by molar-refractivity contribution is 5.22. The second-order valence-corrected chi connectivity index (χ2v) is 3.32. The summed E-state index contributed by atoms with van der Waals surface area (Å²) in [7, 11) is 0. The summed E-state index contributed by atoms with van der Waals surface area (Å²) in [6.45, 7) is 0. The smallest absolute Gasteiger partial charge is 0.325 e. The molecule has 0 saturated heterocycles. The van der Waals surface area contributed by atoms with Gasteiger partial charge in [0.05, 0.1) is 5.69 Å². The van der Waals surface area contributed by atoms with E-state index in [4.69, 9.17) is 0 Å². The second kappa shape index (κ2) is 3.12. The Hall–Kier alpha value is -1.45. The van der Waals surface area contributed by atoms with Crippen molar-refractivity contribution in [1.82, 2.24) is 9.97 Å². The Kier molecular flexibility index (Phi) is 1.96. The molecule has 1 aromatic rings. The average molecular weight is 180 g/mol. The quantitative estimate of drug-likeness (QED) is 0.569. The van der Waals surface area contributed by atoms with Gasteiger partial charge in [-0.2, -0.15) is 0 Å².